The maximum absolute atomic E-state index is 12.6. The molecule has 0 radical (unpaired) electrons. The van der Waals surface area contributed by atoms with Crippen LogP contribution in [0.3, 0.4) is 0 Å². The molecule has 0 aromatic heterocycles. The van der Waals surface area contributed by atoms with E-state index in [1.54, 1.807) is 4.31 Å². The average molecular weight is 313 g/mol. The Morgan fingerprint density at radius 2 is 2.00 bits per heavy atom. The number of hydrogen-bond acceptors (Lipinski definition) is 4. The fraction of sp³-hybridized carbons (Fsp3) is 1.00. The minimum absolute atomic E-state index is 0. The van der Waals surface area contributed by atoms with Crippen molar-refractivity contribution in [1.82, 2.24) is 4.31 Å². The fourth-order valence-electron chi connectivity index (χ4n) is 2.91. The van der Waals surface area contributed by atoms with E-state index in [0.717, 1.165) is 25.7 Å². The van der Waals surface area contributed by atoms with Crippen molar-refractivity contribution >= 4 is 22.4 Å². The molecule has 2 saturated heterocycles. The van der Waals surface area contributed by atoms with Crippen LogP contribution in [0, 0.1) is 0 Å². The minimum Gasteiger partial charge on any atom is -0.380 e. The van der Waals surface area contributed by atoms with Gasteiger partial charge in [0.25, 0.3) is 0 Å². The topological polar surface area (TPSA) is 72.6 Å². The molecule has 19 heavy (non-hydrogen) atoms. The molecule has 2 fully saturated rings. The second-order valence-corrected chi connectivity index (χ2v) is 7.58. The molecule has 0 saturated carbocycles. The van der Waals surface area contributed by atoms with E-state index in [-0.39, 0.29) is 29.7 Å². The van der Waals surface area contributed by atoms with Gasteiger partial charge in [0.1, 0.15) is 0 Å². The number of ether oxygens (including phenoxy) is 1. The Balaban J connectivity index is 0.00000180. The predicted molar refractivity (Wildman–Crippen MR) is 78.0 cm³/mol. The van der Waals surface area contributed by atoms with Crippen LogP contribution in [-0.4, -0.2) is 49.8 Å². The van der Waals surface area contributed by atoms with Crippen molar-refractivity contribution in [3.05, 3.63) is 0 Å². The highest BCUT2D eigenvalue weighted by atomic mass is 35.5. The number of halogens is 1. The van der Waals surface area contributed by atoms with E-state index in [1.165, 1.54) is 0 Å². The molecular weight excluding hydrogens is 288 g/mol. The molecule has 0 amide bonds. The lowest BCUT2D eigenvalue weighted by molar-refractivity contribution is 0.0957. The summed E-state index contributed by atoms with van der Waals surface area (Å²) in [5, 5.41) is -0.370. The highest BCUT2D eigenvalue weighted by Gasteiger charge is 2.39. The minimum atomic E-state index is -3.25. The Bertz CT molecular complexity index is 369. The first-order chi connectivity index (χ1) is 8.53. The monoisotopic (exact) mass is 312 g/mol. The maximum atomic E-state index is 12.6. The second kappa shape index (κ2) is 7.22. The van der Waals surface area contributed by atoms with Crippen LogP contribution in [0.4, 0.5) is 0 Å². The van der Waals surface area contributed by atoms with E-state index < -0.39 is 10.0 Å². The Kier molecular flexibility index (Phi) is 6.53. The van der Waals surface area contributed by atoms with Gasteiger partial charge >= 0.3 is 0 Å². The van der Waals surface area contributed by atoms with Gasteiger partial charge in [0.15, 0.2) is 0 Å². The fourth-order valence-corrected chi connectivity index (χ4v) is 5.08. The Morgan fingerprint density at radius 1 is 1.26 bits per heavy atom. The quantitative estimate of drug-likeness (QED) is 0.847. The van der Waals surface area contributed by atoms with Crippen LogP contribution in [-0.2, 0) is 14.8 Å². The van der Waals surface area contributed by atoms with Gasteiger partial charge in [-0.2, -0.15) is 4.31 Å². The average Bonchev–Trinajstić information content (AvgIpc) is 2.39. The van der Waals surface area contributed by atoms with Gasteiger partial charge in [0, 0.05) is 25.2 Å². The van der Waals surface area contributed by atoms with Crippen molar-refractivity contribution in [3.8, 4) is 0 Å². The molecule has 0 aromatic carbocycles. The first-order valence-electron chi connectivity index (χ1n) is 6.87. The van der Waals surface area contributed by atoms with Gasteiger partial charge in [0.2, 0.25) is 10.0 Å². The molecule has 3 unspecified atom stereocenters. The first kappa shape index (κ1) is 17.2. The van der Waals surface area contributed by atoms with Crippen LogP contribution in [0.2, 0.25) is 0 Å². The molecule has 3 atom stereocenters. The van der Waals surface area contributed by atoms with Crippen molar-refractivity contribution in [2.75, 3.05) is 19.8 Å². The molecule has 2 heterocycles. The molecule has 114 valence electrons. The molecule has 2 rings (SSSR count). The number of rotatable bonds is 3. The van der Waals surface area contributed by atoms with E-state index in [2.05, 4.69) is 0 Å². The molecule has 0 spiro atoms. The number of hydrogen-bond donors (Lipinski definition) is 1. The summed E-state index contributed by atoms with van der Waals surface area (Å²) in [6.45, 7) is 3.54. The summed E-state index contributed by atoms with van der Waals surface area (Å²) in [4.78, 5) is 0. The highest BCUT2D eigenvalue weighted by molar-refractivity contribution is 7.89. The second-order valence-electron chi connectivity index (χ2n) is 5.42. The third kappa shape index (κ3) is 3.82. The normalized spacial score (nSPS) is 31.5. The number of nitrogens with two attached hydrogens (primary N) is 1. The molecule has 2 N–H and O–H groups in total. The number of sulfonamides is 1. The van der Waals surface area contributed by atoms with E-state index in [0.29, 0.717) is 26.2 Å². The summed E-state index contributed by atoms with van der Waals surface area (Å²) in [7, 11) is -3.25. The molecule has 0 aliphatic carbocycles. The van der Waals surface area contributed by atoms with E-state index in [1.807, 2.05) is 6.92 Å². The summed E-state index contributed by atoms with van der Waals surface area (Å²) >= 11 is 0. The van der Waals surface area contributed by atoms with Gasteiger partial charge in [-0.3, -0.25) is 0 Å². The first-order valence-corrected chi connectivity index (χ1v) is 8.38. The summed E-state index contributed by atoms with van der Waals surface area (Å²) in [6, 6.07) is -0.143. The zero-order chi connectivity index (χ0) is 13.2. The molecular formula is C12H25ClN2O3S. The number of nitrogens with zero attached hydrogens (tertiary/aromatic N) is 1. The zero-order valence-corrected chi connectivity index (χ0v) is 13.1. The predicted octanol–water partition coefficient (Wildman–Crippen LogP) is 1.12. The van der Waals surface area contributed by atoms with Crippen molar-refractivity contribution in [3.63, 3.8) is 0 Å². The Morgan fingerprint density at radius 3 is 2.58 bits per heavy atom. The van der Waals surface area contributed by atoms with Crippen molar-refractivity contribution in [2.45, 2.75) is 56.4 Å². The van der Waals surface area contributed by atoms with Gasteiger partial charge in [-0.25, -0.2) is 8.42 Å². The third-order valence-corrected chi connectivity index (χ3v) is 6.29. The van der Waals surface area contributed by atoms with E-state index in [4.69, 9.17) is 10.5 Å². The lowest BCUT2D eigenvalue weighted by atomic mass is 10.00. The van der Waals surface area contributed by atoms with Gasteiger partial charge in [0.05, 0.1) is 11.9 Å². The summed E-state index contributed by atoms with van der Waals surface area (Å²) < 4.78 is 32.3. The smallest absolute Gasteiger partial charge is 0.219 e. The van der Waals surface area contributed by atoms with E-state index >= 15 is 0 Å². The maximum Gasteiger partial charge on any atom is 0.219 e. The van der Waals surface area contributed by atoms with Crippen molar-refractivity contribution in [1.29, 1.82) is 0 Å². The highest BCUT2D eigenvalue weighted by Crippen LogP contribution is 2.27. The molecule has 2 aliphatic rings. The standard InChI is InChI=1S/C12H24N2O3S.ClH/c1-10(13)12-6-2-3-7-14(12)18(15,16)11-5-4-8-17-9-11;/h10-12H,2-9,13H2,1H3;1H. The van der Waals surface area contributed by atoms with Gasteiger partial charge < -0.3 is 10.5 Å². The van der Waals surface area contributed by atoms with Crippen LogP contribution < -0.4 is 5.73 Å². The SMILES string of the molecule is CC(N)C1CCCCN1S(=O)(=O)C1CCCOC1.Cl. The van der Waals surface area contributed by atoms with Crippen LogP contribution in [0.15, 0.2) is 0 Å². The Labute approximate surface area is 122 Å². The lowest BCUT2D eigenvalue weighted by Gasteiger charge is -2.39. The lowest BCUT2D eigenvalue weighted by Crippen LogP contribution is -2.55. The largest absolute Gasteiger partial charge is 0.380 e. The van der Waals surface area contributed by atoms with Crippen LogP contribution in [0.1, 0.15) is 39.0 Å². The molecule has 7 heteroatoms. The Hall–Kier alpha value is 0.120. The van der Waals surface area contributed by atoms with Crippen LogP contribution in [0.25, 0.3) is 0 Å². The van der Waals surface area contributed by atoms with Gasteiger partial charge in [-0.05, 0) is 32.6 Å². The zero-order valence-electron chi connectivity index (χ0n) is 11.5. The summed E-state index contributed by atoms with van der Waals surface area (Å²) in [5.74, 6) is 0. The molecule has 2 aliphatic heterocycles. The third-order valence-electron chi connectivity index (χ3n) is 3.97. The van der Waals surface area contributed by atoms with Gasteiger partial charge in [-0.1, -0.05) is 6.42 Å². The number of piperidine rings is 1. The van der Waals surface area contributed by atoms with Crippen molar-refractivity contribution in [2.24, 2.45) is 5.73 Å². The molecule has 0 bridgehead atoms. The van der Waals surface area contributed by atoms with Crippen LogP contribution in [0.5, 0.6) is 0 Å². The molecule has 0 aromatic rings. The van der Waals surface area contributed by atoms with Crippen LogP contribution >= 0.6 is 12.4 Å². The summed E-state index contributed by atoms with van der Waals surface area (Å²) in [5.41, 5.74) is 5.95. The molecule has 5 nitrogen and oxygen atoms in total. The summed E-state index contributed by atoms with van der Waals surface area (Å²) in [6.07, 6.45) is 4.44. The van der Waals surface area contributed by atoms with Crippen molar-refractivity contribution < 1.29 is 13.2 Å². The van der Waals surface area contributed by atoms with Gasteiger partial charge in [-0.15, -0.1) is 12.4 Å². The van der Waals surface area contributed by atoms with E-state index in [9.17, 15) is 8.42 Å².